The largest absolute Gasteiger partial charge is 0.374 e. The molecule has 1 aliphatic heterocycles. The van der Waals surface area contributed by atoms with Gasteiger partial charge in [0.1, 0.15) is 6.10 Å². The Labute approximate surface area is 78.6 Å². The van der Waals surface area contributed by atoms with Crippen molar-refractivity contribution in [3.8, 4) is 0 Å². The minimum absolute atomic E-state index is 0.0163. The Hall–Kier alpha value is -0.610. The van der Waals surface area contributed by atoms with Crippen LogP contribution in [-0.2, 0) is 14.3 Å². The predicted octanol–water partition coefficient (Wildman–Crippen LogP) is 0.664. The fourth-order valence-corrected chi connectivity index (χ4v) is 1.51. The Morgan fingerprint density at radius 2 is 2.38 bits per heavy atom. The molecule has 0 radical (unpaired) electrons. The molecular formula is C9H17NO3. The molecule has 0 aromatic heterocycles. The van der Waals surface area contributed by atoms with Crippen LogP contribution in [-0.4, -0.2) is 32.0 Å². The summed E-state index contributed by atoms with van der Waals surface area (Å²) >= 11 is 0. The smallest absolute Gasteiger partial charge is 0.218 e. The van der Waals surface area contributed by atoms with Crippen molar-refractivity contribution < 1.29 is 14.3 Å². The minimum atomic E-state index is -0.294. The third-order valence-corrected chi connectivity index (χ3v) is 2.15. The Morgan fingerprint density at radius 1 is 1.62 bits per heavy atom. The van der Waals surface area contributed by atoms with E-state index in [0.717, 1.165) is 25.9 Å². The average molecular weight is 187 g/mol. The molecule has 0 spiro atoms. The molecule has 0 aromatic rings. The Balaban J connectivity index is 2.39. The number of rotatable bonds is 3. The topological polar surface area (TPSA) is 47.6 Å². The zero-order valence-corrected chi connectivity index (χ0v) is 8.21. The van der Waals surface area contributed by atoms with Gasteiger partial charge in [-0.1, -0.05) is 0 Å². The van der Waals surface area contributed by atoms with E-state index >= 15 is 0 Å². The minimum Gasteiger partial charge on any atom is -0.374 e. The van der Waals surface area contributed by atoms with Crippen LogP contribution in [0.2, 0.25) is 0 Å². The molecule has 1 saturated heterocycles. The van der Waals surface area contributed by atoms with Gasteiger partial charge >= 0.3 is 0 Å². The van der Waals surface area contributed by atoms with E-state index in [-0.39, 0.29) is 18.2 Å². The van der Waals surface area contributed by atoms with E-state index in [9.17, 15) is 4.79 Å². The van der Waals surface area contributed by atoms with Crippen LogP contribution in [0.15, 0.2) is 0 Å². The number of methoxy groups -OCH3 is 1. The van der Waals surface area contributed by atoms with E-state index in [2.05, 4.69) is 5.32 Å². The van der Waals surface area contributed by atoms with Crippen molar-refractivity contribution in [2.45, 2.75) is 38.5 Å². The summed E-state index contributed by atoms with van der Waals surface area (Å²) in [5.74, 6) is -0.0824. The SMILES string of the molecule is CO[C@H](NC(C)=O)[C@@H]1CCCCO1. The molecule has 2 atom stereocenters. The van der Waals surface area contributed by atoms with Gasteiger partial charge in [0, 0.05) is 20.6 Å². The maximum Gasteiger partial charge on any atom is 0.218 e. The van der Waals surface area contributed by atoms with Gasteiger partial charge in [0.05, 0.1) is 0 Å². The van der Waals surface area contributed by atoms with Crippen LogP contribution >= 0.6 is 0 Å². The zero-order chi connectivity index (χ0) is 9.68. The van der Waals surface area contributed by atoms with Gasteiger partial charge in [0.2, 0.25) is 5.91 Å². The van der Waals surface area contributed by atoms with Crippen molar-refractivity contribution in [1.82, 2.24) is 5.32 Å². The quantitative estimate of drug-likeness (QED) is 0.660. The van der Waals surface area contributed by atoms with Gasteiger partial charge < -0.3 is 14.8 Å². The molecule has 76 valence electrons. The highest BCUT2D eigenvalue weighted by molar-refractivity contribution is 5.73. The molecule has 0 aliphatic carbocycles. The molecule has 1 N–H and O–H groups in total. The fourth-order valence-electron chi connectivity index (χ4n) is 1.51. The summed E-state index contributed by atoms with van der Waals surface area (Å²) in [6, 6.07) is 0. The molecule has 4 heteroatoms. The van der Waals surface area contributed by atoms with E-state index in [0.29, 0.717) is 0 Å². The molecule has 1 heterocycles. The molecule has 1 fully saturated rings. The normalized spacial score (nSPS) is 25.2. The summed E-state index contributed by atoms with van der Waals surface area (Å²) in [6.45, 7) is 2.25. The fraction of sp³-hybridized carbons (Fsp3) is 0.889. The summed E-state index contributed by atoms with van der Waals surface area (Å²) in [5.41, 5.74) is 0. The number of amides is 1. The molecule has 0 saturated carbocycles. The third kappa shape index (κ3) is 3.32. The average Bonchev–Trinajstić information content (AvgIpc) is 2.15. The van der Waals surface area contributed by atoms with Crippen molar-refractivity contribution in [1.29, 1.82) is 0 Å². The first-order valence-electron chi connectivity index (χ1n) is 4.65. The Bertz CT molecular complexity index is 166. The van der Waals surface area contributed by atoms with E-state index in [1.54, 1.807) is 7.11 Å². The van der Waals surface area contributed by atoms with E-state index in [1.165, 1.54) is 6.92 Å². The van der Waals surface area contributed by atoms with Crippen LogP contribution in [0.4, 0.5) is 0 Å². The summed E-state index contributed by atoms with van der Waals surface area (Å²) in [4.78, 5) is 10.8. The summed E-state index contributed by atoms with van der Waals surface area (Å²) < 4.78 is 10.6. The molecule has 1 amide bonds. The first-order chi connectivity index (χ1) is 6.24. The molecule has 0 unspecified atom stereocenters. The molecule has 1 aliphatic rings. The zero-order valence-electron chi connectivity index (χ0n) is 8.21. The van der Waals surface area contributed by atoms with Crippen LogP contribution < -0.4 is 5.32 Å². The summed E-state index contributed by atoms with van der Waals surface area (Å²) in [5, 5.41) is 2.71. The second-order valence-corrected chi connectivity index (χ2v) is 3.26. The monoisotopic (exact) mass is 187 g/mol. The van der Waals surface area contributed by atoms with Crippen molar-refractivity contribution in [2.24, 2.45) is 0 Å². The molecule has 0 aromatic carbocycles. The first-order valence-corrected chi connectivity index (χ1v) is 4.65. The lowest BCUT2D eigenvalue weighted by Gasteiger charge is -2.29. The van der Waals surface area contributed by atoms with Gasteiger partial charge in [-0.3, -0.25) is 4.79 Å². The number of hydrogen-bond donors (Lipinski definition) is 1. The van der Waals surface area contributed by atoms with Gasteiger partial charge in [0.25, 0.3) is 0 Å². The highest BCUT2D eigenvalue weighted by Crippen LogP contribution is 2.16. The van der Waals surface area contributed by atoms with Gasteiger partial charge in [0.15, 0.2) is 6.23 Å². The molecule has 0 bridgehead atoms. The standard InChI is InChI=1S/C9H17NO3/c1-7(11)10-9(12-2)8-5-3-4-6-13-8/h8-9H,3-6H2,1-2H3,(H,10,11)/t8-,9-/m0/s1. The first kappa shape index (κ1) is 10.5. The summed E-state index contributed by atoms with van der Waals surface area (Å²) in [7, 11) is 1.58. The van der Waals surface area contributed by atoms with E-state index in [1.807, 2.05) is 0 Å². The highest BCUT2D eigenvalue weighted by atomic mass is 16.5. The maximum absolute atomic E-state index is 10.8. The van der Waals surface area contributed by atoms with Crippen molar-refractivity contribution in [3.05, 3.63) is 0 Å². The van der Waals surface area contributed by atoms with Crippen LogP contribution in [0.5, 0.6) is 0 Å². The van der Waals surface area contributed by atoms with Gasteiger partial charge in [-0.25, -0.2) is 0 Å². The van der Waals surface area contributed by atoms with E-state index in [4.69, 9.17) is 9.47 Å². The molecular weight excluding hydrogens is 170 g/mol. The van der Waals surface area contributed by atoms with E-state index < -0.39 is 0 Å². The number of hydrogen-bond acceptors (Lipinski definition) is 3. The molecule has 1 rings (SSSR count). The van der Waals surface area contributed by atoms with Crippen LogP contribution in [0.1, 0.15) is 26.2 Å². The lowest BCUT2D eigenvalue weighted by molar-refractivity contribution is -0.131. The Kier molecular flexibility index (Phi) is 4.18. The number of carbonyl (C=O) groups is 1. The van der Waals surface area contributed by atoms with Crippen molar-refractivity contribution in [2.75, 3.05) is 13.7 Å². The van der Waals surface area contributed by atoms with Crippen LogP contribution in [0, 0.1) is 0 Å². The molecule has 4 nitrogen and oxygen atoms in total. The van der Waals surface area contributed by atoms with Crippen LogP contribution in [0.3, 0.4) is 0 Å². The van der Waals surface area contributed by atoms with Gasteiger partial charge in [-0.15, -0.1) is 0 Å². The lowest BCUT2D eigenvalue weighted by atomic mass is 10.1. The number of carbonyl (C=O) groups excluding carboxylic acids is 1. The number of nitrogens with one attached hydrogen (secondary N) is 1. The second kappa shape index (κ2) is 5.19. The Morgan fingerprint density at radius 3 is 2.85 bits per heavy atom. The van der Waals surface area contributed by atoms with Gasteiger partial charge in [-0.2, -0.15) is 0 Å². The van der Waals surface area contributed by atoms with Crippen molar-refractivity contribution in [3.63, 3.8) is 0 Å². The lowest BCUT2D eigenvalue weighted by Crippen LogP contribution is -2.46. The third-order valence-electron chi connectivity index (χ3n) is 2.15. The highest BCUT2D eigenvalue weighted by Gasteiger charge is 2.24. The van der Waals surface area contributed by atoms with Gasteiger partial charge in [-0.05, 0) is 19.3 Å². The molecule has 13 heavy (non-hydrogen) atoms. The predicted molar refractivity (Wildman–Crippen MR) is 48.2 cm³/mol. The van der Waals surface area contributed by atoms with Crippen molar-refractivity contribution >= 4 is 5.91 Å². The van der Waals surface area contributed by atoms with Crippen LogP contribution in [0.25, 0.3) is 0 Å². The maximum atomic E-state index is 10.8. The number of ether oxygens (including phenoxy) is 2. The summed E-state index contributed by atoms with van der Waals surface area (Å²) in [6.07, 6.45) is 2.93. The second-order valence-electron chi connectivity index (χ2n) is 3.26.